The molecule has 0 saturated carbocycles. The Morgan fingerprint density at radius 1 is 1.00 bits per heavy atom. The monoisotopic (exact) mass is 420 g/mol. The number of amides is 1. The topological polar surface area (TPSA) is 62.1 Å². The van der Waals surface area contributed by atoms with Crippen LogP contribution in [0.2, 0.25) is 0 Å². The van der Waals surface area contributed by atoms with E-state index in [4.69, 9.17) is 10.00 Å². The summed E-state index contributed by atoms with van der Waals surface area (Å²) in [5.74, 6) is 0.276. The van der Waals surface area contributed by atoms with E-state index in [1.807, 2.05) is 42.5 Å². The molecule has 134 valence electrons. The Morgan fingerprint density at radius 2 is 1.70 bits per heavy atom. The minimum absolute atomic E-state index is 0.245. The Bertz CT molecular complexity index is 978. The number of halogens is 1. The first-order valence-corrected chi connectivity index (χ1v) is 9.19. The minimum atomic E-state index is -0.245. The Hall–Kier alpha value is -3.10. The summed E-state index contributed by atoms with van der Waals surface area (Å²) in [6, 6.07) is 24.3. The van der Waals surface area contributed by atoms with Crippen LogP contribution in [0.4, 0.5) is 5.69 Å². The van der Waals surface area contributed by atoms with E-state index in [-0.39, 0.29) is 5.91 Å². The van der Waals surface area contributed by atoms with Crippen LogP contribution in [-0.4, -0.2) is 5.91 Å². The Morgan fingerprint density at radius 3 is 2.44 bits per heavy atom. The number of carbonyl (C=O) groups excluding carboxylic acids is 1. The van der Waals surface area contributed by atoms with Gasteiger partial charge in [-0.15, -0.1) is 0 Å². The zero-order chi connectivity index (χ0) is 19.1. The van der Waals surface area contributed by atoms with Crippen LogP contribution < -0.4 is 10.1 Å². The van der Waals surface area contributed by atoms with Crippen molar-refractivity contribution in [1.29, 1.82) is 5.26 Å². The molecule has 0 fully saturated rings. The fraction of sp³-hybridized carbons (Fsp3) is 0.0909. The third-order valence-corrected chi connectivity index (χ3v) is 4.74. The molecule has 0 aliphatic heterocycles. The predicted octanol–water partition coefficient (Wildman–Crippen LogP) is 5.35. The number of para-hydroxylation sites is 1. The summed E-state index contributed by atoms with van der Waals surface area (Å²) < 4.78 is 6.85. The molecule has 0 saturated heterocycles. The van der Waals surface area contributed by atoms with E-state index in [2.05, 4.69) is 27.3 Å². The van der Waals surface area contributed by atoms with Crippen LogP contribution in [0.1, 0.15) is 21.5 Å². The van der Waals surface area contributed by atoms with Crippen molar-refractivity contribution in [2.75, 3.05) is 5.32 Å². The van der Waals surface area contributed by atoms with Crippen LogP contribution in [0.5, 0.6) is 5.75 Å². The van der Waals surface area contributed by atoms with Crippen molar-refractivity contribution in [3.8, 4) is 11.8 Å². The molecule has 4 nitrogen and oxygen atoms in total. The highest BCUT2D eigenvalue weighted by molar-refractivity contribution is 9.10. The molecule has 3 aromatic rings. The number of hydrogen-bond acceptors (Lipinski definition) is 3. The Balaban J connectivity index is 1.72. The second-order valence-corrected chi connectivity index (χ2v) is 6.72. The van der Waals surface area contributed by atoms with Crippen molar-refractivity contribution in [3.63, 3.8) is 0 Å². The van der Waals surface area contributed by atoms with Crippen molar-refractivity contribution in [2.24, 2.45) is 0 Å². The molecule has 0 aliphatic carbocycles. The highest BCUT2D eigenvalue weighted by Gasteiger charge is 2.13. The third-order valence-electron chi connectivity index (χ3n) is 3.97. The van der Waals surface area contributed by atoms with E-state index in [1.54, 1.807) is 30.3 Å². The average Bonchev–Trinajstić information content (AvgIpc) is 2.69. The summed E-state index contributed by atoms with van der Waals surface area (Å²) in [7, 11) is 0. The van der Waals surface area contributed by atoms with Gasteiger partial charge in [-0.05, 0) is 35.9 Å². The van der Waals surface area contributed by atoms with Crippen molar-refractivity contribution >= 4 is 27.5 Å². The Kier molecular flexibility index (Phi) is 6.24. The van der Waals surface area contributed by atoms with Crippen molar-refractivity contribution in [3.05, 3.63) is 94.0 Å². The SMILES string of the molecule is N#CCc1ccc(NC(=O)c2ccccc2OCc2ccccc2Br)cc1. The van der Waals surface area contributed by atoms with Crippen molar-refractivity contribution < 1.29 is 9.53 Å². The average molecular weight is 421 g/mol. The maximum Gasteiger partial charge on any atom is 0.259 e. The standard InChI is InChI=1S/C22H17BrN2O2/c23-20-7-3-1-5-17(20)15-27-21-8-4-2-6-19(21)22(26)25-18-11-9-16(10-12-18)13-14-24/h1-12H,13,15H2,(H,25,26). The zero-order valence-electron chi connectivity index (χ0n) is 14.5. The molecule has 5 heteroatoms. The van der Waals surface area contributed by atoms with Crippen LogP contribution in [0, 0.1) is 11.3 Å². The number of benzene rings is 3. The molecule has 0 atom stereocenters. The smallest absolute Gasteiger partial charge is 0.259 e. The maximum absolute atomic E-state index is 12.7. The van der Waals surface area contributed by atoms with Gasteiger partial charge in [0.25, 0.3) is 5.91 Å². The highest BCUT2D eigenvalue weighted by Crippen LogP contribution is 2.23. The molecule has 1 N–H and O–H groups in total. The molecule has 1 amide bonds. The summed E-state index contributed by atoms with van der Waals surface area (Å²) in [5.41, 5.74) is 3.04. The molecule has 0 heterocycles. The van der Waals surface area contributed by atoms with Gasteiger partial charge in [0.15, 0.2) is 0 Å². The van der Waals surface area contributed by atoms with Crippen LogP contribution >= 0.6 is 15.9 Å². The molecular formula is C22H17BrN2O2. The van der Waals surface area contributed by atoms with E-state index in [1.165, 1.54) is 0 Å². The number of rotatable bonds is 6. The number of nitriles is 1. The van der Waals surface area contributed by atoms with E-state index >= 15 is 0 Å². The molecule has 0 unspecified atom stereocenters. The number of nitrogens with zero attached hydrogens (tertiary/aromatic N) is 1. The molecule has 0 radical (unpaired) electrons. The van der Waals surface area contributed by atoms with E-state index in [0.717, 1.165) is 15.6 Å². The number of hydrogen-bond donors (Lipinski definition) is 1. The van der Waals surface area contributed by atoms with Crippen LogP contribution in [0.15, 0.2) is 77.3 Å². The minimum Gasteiger partial charge on any atom is -0.488 e. The fourth-order valence-electron chi connectivity index (χ4n) is 2.55. The van der Waals surface area contributed by atoms with Gasteiger partial charge in [-0.3, -0.25) is 4.79 Å². The lowest BCUT2D eigenvalue weighted by Crippen LogP contribution is -2.13. The second kappa shape index (κ2) is 9.02. The second-order valence-electron chi connectivity index (χ2n) is 5.86. The largest absolute Gasteiger partial charge is 0.488 e. The zero-order valence-corrected chi connectivity index (χ0v) is 16.1. The number of nitrogens with one attached hydrogen (secondary N) is 1. The molecule has 0 aromatic heterocycles. The van der Waals surface area contributed by atoms with Crippen LogP contribution in [0.25, 0.3) is 0 Å². The first kappa shape index (κ1) is 18.7. The van der Waals surface area contributed by atoms with Gasteiger partial charge < -0.3 is 10.1 Å². The lowest BCUT2D eigenvalue weighted by atomic mass is 10.1. The van der Waals surface area contributed by atoms with E-state index < -0.39 is 0 Å². The maximum atomic E-state index is 12.7. The lowest BCUT2D eigenvalue weighted by Gasteiger charge is -2.12. The van der Waals surface area contributed by atoms with Gasteiger partial charge in [0.05, 0.1) is 18.1 Å². The number of ether oxygens (including phenoxy) is 1. The predicted molar refractivity (Wildman–Crippen MR) is 109 cm³/mol. The normalized spacial score (nSPS) is 10.1. The summed E-state index contributed by atoms with van der Waals surface area (Å²) in [6.07, 6.45) is 0.347. The summed E-state index contributed by atoms with van der Waals surface area (Å²) in [5, 5.41) is 11.6. The first-order chi connectivity index (χ1) is 13.2. The third kappa shape index (κ3) is 4.96. The molecule has 0 spiro atoms. The summed E-state index contributed by atoms with van der Waals surface area (Å²) in [6.45, 7) is 0.356. The Labute approximate surface area is 166 Å². The van der Waals surface area contributed by atoms with Gasteiger partial charge in [0, 0.05) is 15.7 Å². The molecule has 3 aromatic carbocycles. The van der Waals surface area contributed by atoms with E-state index in [9.17, 15) is 4.79 Å². The number of anilines is 1. The molecule has 27 heavy (non-hydrogen) atoms. The molecule has 0 aliphatic rings. The van der Waals surface area contributed by atoms with Gasteiger partial charge in [0.1, 0.15) is 12.4 Å². The van der Waals surface area contributed by atoms with Gasteiger partial charge in [-0.25, -0.2) is 0 Å². The quantitative estimate of drug-likeness (QED) is 0.584. The van der Waals surface area contributed by atoms with Crippen molar-refractivity contribution in [1.82, 2.24) is 0 Å². The van der Waals surface area contributed by atoms with Gasteiger partial charge in [-0.1, -0.05) is 58.4 Å². The number of carbonyl (C=O) groups is 1. The summed E-state index contributed by atoms with van der Waals surface area (Å²) in [4.78, 5) is 12.7. The molecule has 3 rings (SSSR count). The van der Waals surface area contributed by atoms with Crippen LogP contribution in [-0.2, 0) is 13.0 Å². The molecule has 0 bridgehead atoms. The van der Waals surface area contributed by atoms with Crippen LogP contribution in [0.3, 0.4) is 0 Å². The fourth-order valence-corrected chi connectivity index (χ4v) is 2.95. The van der Waals surface area contributed by atoms with Gasteiger partial charge >= 0.3 is 0 Å². The van der Waals surface area contributed by atoms with Gasteiger partial charge in [-0.2, -0.15) is 5.26 Å². The van der Waals surface area contributed by atoms with E-state index in [0.29, 0.717) is 30.0 Å². The lowest BCUT2D eigenvalue weighted by molar-refractivity contribution is 0.102. The van der Waals surface area contributed by atoms with Gasteiger partial charge in [0.2, 0.25) is 0 Å². The first-order valence-electron chi connectivity index (χ1n) is 8.40. The highest BCUT2D eigenvalue weighted by atomic mass is 79.9. The molecular weight excluding hydrogens is 404 g/mol. The van der Waals surface area contributed by atoms with Crippen molar-refractivity contribution in [2.45, 2.75) is 13.0 Å². The summed E-state index contributed by atoms with van der Waals surface area (Å²) >= 11 is 3.50.